The van der Waals surface area contributed by atoms with E-state index in [4.69, 9.17) is 13.2 Å². The Bertz CT molecular complexity index is 3350. The van der Waals surface area contributed by atoms with Crippen LogP contribution in [0.25, 0.3) is 91.9 Å². The average Bonchev–Trinajstić information content (AvgIpc) is 4.02. The topological polar surface area (TPSA) is 30.7 Å². The van der Waals surface area contributed by atoms with Gasteiger partial charge in [0.1, 0.15) is 0 Å². The zero-order chi connectivity index (χ0) is 43.3. The number of thiophene rings is 2. The van der Waals surface area contributed by atoms with Crippen molar-refractivity contribution in [3.63, 3.8) is 0 Å². The number of para-hydroxylation sites is 2. The molecule has 0 fully saturated rings. The molecule has 0 unspecified atom stereocenters. The summed E-state index contributed by atoms with van der Waals surface area (Å²) in [5.41, 5.74) is 10.6. The molecule has 0 aliphatic carbocycles. The van der Waals surface area contributed by atoms with Crippen molar-refractivity contribution in [3.8, 4) is 50.6 Å². The van der Waals surface area contributed by atoms with Crippen molar-refractivity contribution >= 4 is 64.0 Å². The summed E-state index contributed by atoms with van der Waals surface area (Å²) < 4.78 is 49.8. The number of nitrogens with zero attached hydrogens (tertiary/aromatic N) is 3. The summed E-state index contributed by atoms with van der Waals surface area (Å²) in [5.74, 6) is 0.913. The van der Waals surface area contributed by atoms with Gasteiger partial charge in [-0.05, 0) is 82.8 Å². The minimum atomic E-state index is -2.18. The van der Waals surface area contributed by atoms with Crippen LogP contribution < -0.4 is 0 Å². The molecule has 0 spiro atoms. The minimum Gasteiger partial charge on any atom is -0.333 e. The van der Waals surface area contributed by atoms with Gasteiger partial charge in [0.15, 0.2) is 0 Å². The van der Waals surface area contributed by atoms with E-state index in [0.717, 1.165) is 28.1 Å². The SMILES string of the molecule is [2H]C([2H])([2H])c1c[c-]c(-c2ccc(C([2H])([2H])[2H])cn2)cc1.[Ir].[c-]1sc2ccc(-c3ccc4sc5ccccc5c4c3)cc2c1-c1nc2ccccc2n1-c1ccc(-c2ccccc2)cc1. The van der Waals surface area contributed by atoms with Gasteiger partial charge in [0, 0.05) is 60.4 Å². The van der Waals surface area contributed by atoms with Crippen molar-refractivity contribution in [2.24, 2.45) is 0 Å². The Kier molecular flexibility index (Phi) is 8.61. The molecule has 11 aromatic rings. The normalized spacial score (nSPS) is 13.1. The third kappa shape index (κ3) is 7.21. The van der Waals surface area contributed by atoms with E-state index in [1.165, 1.54) is 76.9 Å². The zero-order valence-electron chi connectivity index (χ0n) is 36.7. The molecule has 0 atom stereocenters. The van der Waals surface area contributed by atoms with Crippen LogP contribution in [-0.4, -0.2) is 14.5 Å². The van der Waals surface area contributed by atoms with E-state index in [1.54, 1.807) is 23.5 Å². The standard InChI is InChI=1S/C39H23N2S2.C13H12N.Ir/c1-2-8-25(9-3-1)26-14-18-29(19-15-26)41-35-12-6-5-11-34(35)40-39(41)33-24-42-36-20-16-27(23-32(33)36)28-17-21-38-31(22-28)30-10-4-7-13-37(30)43-38;1-10-3-6-12(7-4-10)13-8-5-11(2)9-14-13;/h1-23H;3-6,8-9H,1-2H3;/q2*-1;/i;1D3,2D3;. The van der Waals surface area contributed by atoms with Gasteiger partial charge in [-0.25, -0.2) is 0 Å². The molecule has 11 rings (SSSR count). The molecule has 4 heterocycles. The molecule has 0 amide bonds. The van der Waals surface area contributed by atoms with Crippen molar-refractivity contribution in [2.75, 3.05) is 0 Å². The molecule has 58 heavy (non-hydrogen) atoms. The van der Waals surface area contributed by atoms with Crippen molar-refractivity contribution in [3.05, 3.63) is 199 Å². The van der Waals surface area contributed by atoms with Gasteiger partial charge in [-0.3, -0.25) is 16.3 Å². The van der Waals surface area contributed by atoms with E-state index < -0.39 is 13.7 Å². The summed E-state index contributed by atoms with van der Waals surface area (Å²) in [7, 11) is 0. The molecule has 0 aliphatic heterocycles. The number of imidazole rings is 1. The van der Waals surface area contributed by atoms with Gasteiger partial charge in [-0.2, -0.15) is 0 Å². The van der Waals surface area contributed by atoms with Crippen LogP contribution in [0.2, 0.25) is 0 Å². The van der Waals surface area contributed by atoms with Crippen molar-refractivity contribution in [2.45, 2.75) is 13.7 Å². The number of aryl methyl sites for hydroxylation is 2. The number of aromatic nitrogens is 3. The summed E-state index contributed by atoms with van der Waals surface area (Å²) >= 11 is 3.51. The first-order valence-electron chi connectivity index (χ1n) is 21.5. The van der Waals surface area contributed by atoms with Crippen molar-refractivity contribution in [1.82, 2.24) is 14.5 Å². The second-order valence-corrected chi connectivity index (χ2v) is 15.6. The van der Waals surface area contributed by atoms with Crippen LogP contribution in [0.4, 0.5) is 0 Å². The minimum absolute atomic E-state index is 0. The number of hydrogen-bond acceptors (Lipinski definition) is 4. The second-order valence-electron chi connectivity index (χ2n) is 13.7. The number of hydrogen-bond donors (Lipinski definition) is 0. The fourth-order valence-electron chi connectivity index (χ4n) is 7.25. The molecule has 4 aromatic heterocycles. The van der Waals surface area contributed by atoms with E-state index in [9.17, 15) is 0 Å². The monoisotopic (exact) mass is 964 g/mol. The number of pyridine rings is 1. The van der Waals surface area contributed by atoms with E-state index in [0.29, 0.717) is 11.3 Å². The first-order valence-corrected chi connectivity index (χ1v) is 20.1. The van der Waals surface area contributed by atoms with Gasteiger partial charge in [-0.15, -0.1) is 52.1 Å². The van der Waals surface area contributed by atoms with E-state index in [2.05, 4.69) is 161 Å². The Labute approximate surface area is 367 Å². The molecule has 6 heteroatoms. The predicted molar refractivity (Wildman–Crippen MR) is 242 cm³/mol. The maximum atomic E-state index is 7.28. The van der Waals surface area contributed by atoms with Crippen LogP contribution in [0.3, 0.4) is 0 Å². The third-order valence-electron chi connectivity index (χ3n) is 10.1. The molecule has 3 nitrogen and oxygen atoms in total. The van der Waals surface area contributed by atoms with Gasteiger partial charge in [0.25, 0.3) is 0 Å². The maximum Gasteiger partial charge on any atom is 0.0774 e. The molecule has 0 saturated carbocycles. The predicted octanol–water partition coefficient (Wildman–Crippen LogP) is 14.6. The van der Waals surface area contributed by atoms with Crippen LogP contribution in [0, 0.1) is 25.2 Å². The fraction of sp³-hybridized carbons (Fsp3) is 0.0385. The summed E-state index contributed by atoms with van der Waals surface area (Å²) in [4.78, 5) is 9.25. The Balaban J connectivity index is 0.000000209. The van der Waals surface area contributed by atoms with Crippen molar-refractivity contribution < 1.29 is 28.3 Å². The van der Waals surface area contributed by atoms with E-state index in [-0.39, 0.29) is 31.2 Å². The van der Waals surface area contributed by atoms with Crippen LogP contribution >= 0.6 is 22.7 Å². The van der Waals surface area contributed by atoms with Crippen LogP contribution in [0.5, 0.6) is 0 Å². The quantitative estimate of drug-likeness (QED) is 0.161. The molecule has 0 bridgehead atoms. The van der Waals surface area contributed by atoms with Crippen molar-refractivity contribution in [1.29, 1.82) is 0 Å². The molecule has 0 N–H and O–H groups in total. The number of rotatable bonds is 5. The molecule has 0 saturated heterocycles. The Hall–Kier alpha value is -6.01. The largest absolute Gasteiger partial charge is 0.333 e. The fourth-order valence-corrected chi connectivity index (χ4v) is 9.16. The molecular formula is C52H35IrN3S2-2. The number of benzene rings is 7. The smallest absolute Gasteiger partial charge is 0.0774 e. The Morgan fingerprint density at radius 3 is 2.05 bits per heavy atom. The van der Waals surface area contributed by atoms with Gasteiger partial charge in [0.05, 0.1) is 16.9 Å². The number of fused-ring (bicyclic) bond motifs is 5. The van der Waals surface area contributed by atoms with Crippen LogP contribution in [0.1, 0.15) is 19.4 Å². The van der Waals surface area contributed by atoms with Gasteiger partial charge in [-0.1, -0.05) is 132 Å². The summed E-state index contributed by atoms with van der Waals surface area (Å²) in [5, 5.41) is 7.44. The Morgan fingerprint density at radius 1 is 0.586 bits per heavy atom. The molecule has 7 aromatic carbocycles. The summed E-state index contributed by atoms with van der Waals surface area (Å²) in [6.07, 6.45) is 1.30. The van der Waals surface area contributed by atoms with Crippen LogP contribution in [-0.2, 0) is 20.1 Å². The first-order chi connectivity index (χ1) is 30.5. The summed E-state index contributed by atoms with van der Waals surface area (Å²) in [6.45, 7) is -4.34. The van der Waals surface area contributed by atoms with Gasteiger partial charge >= 0.3 is 0 Å². The van der Waals surface area contributed by atoms with Crippen LogP contribution in [0.15, 0.2) is 176 Å². The molecular weight excluding hydrogens is 923 g/mol. The first kappa shape index (κ1) is 31.0. The van der Waals surface area contributed by atoms with E-state index >= 15 is 0 Å². The maximum absolute atomic E-state index is 7.28. The third-order valence-corrected chi connectivity index (χ3v) is 12.1. The van der Waals surface area contributed by atoms with E-state index in [1.807, 2.05) is 11.3 Å². The zero-order valence-corrected chi connectivity index (χ0v) is 34.8. The van der Waals surface area contributed by atoms with Gasteiger partial charge < -0.3 is 9.55 Å². The Morgan fingerprint density at radius 2 is 1.28 bits per heavy atom. The molecule has 1 radical (unpaired) electrons. The molecule has 281 valence electrons. The average molecular weight is 964 g/mol. The molecule has 0 aliphatic rings. The second kappa shape index (κ2) is 16.1. The van der Waals surface area contributed by atoms with Gasteiger partial charge in [0.2, 0.25) is 0 Å². The summed E-state index contributed by atoms with van der Waals surface area (Å²) in [6, 6.07) is 60.4.